The fraction of sp³-hybridized carbons (Fsp3) is 0.267. The number of carboxylic acids is 1. The van der Waals surface area contributed by atoms with Crippen LogP contribution in [0.25, 0.3) is 0 Å². The van der Waals surface area contributed by atoms with Crippen LogP contribution in [0.5, 0.6) is 0 Å². The molecular formula is C15H16FNO2S. The quantitative estimate of drug-likeness (QED) is 0.861. The highest BCUT2D eigenvalue weighted by Crippen LogP contribution is 2.31. The van der Waals surface area contributed by atoms with E-state index < -0.39 is 17.2 Å². The molecule has 0 bridgehead atoms. The van der Waals surface area contributed by atoms with Gasteiger partial charge < -0.3 is 10.8 Å². The first-order valence-electron chi connectivity index (χ1n) is 6.30. The molecule has 20 heavy (non-hydrogen) atoms. The molecular weight excluding hydrogens is 277 g/mol. The molecule has 1 aromatic heterocycles. The third-order valence-electron chi connectivity index (χ3n) is 3.57. The number of rotatable bonds is 6. The predicted molar refractivity (Wildman–Crippen MR) is 77.4 cm³/mol. The van der Waals surface area contributed by atoms with E-state index in [0.29, 0.717) is 6.42 Å². The molecule has 2 aromatic rings. The summed E-state index contributed by atoms with van der Waals surface area (Å²) in [5.41, 5.74) is 5.53. The summed E-state index contributed by atoms with van der Waals surface area (Å²) < 4.78 is 14.0. The number of halogens is 1. The van der Waals surface area contributed by atoms with Crippen LogP contribution in [0, 0.1) is 5.82 Å². The molecule has 0 saturated carbocycles. The van der Waals surface area contributed by atoms with Crippen molar-refractivity contribution < 1.29 is 14.3 Å². The number of benzene rings is 1. The van der Waals surface area contributed by atoms with E-state index in [1.54, 1.807) is 23.5 Å². The molecule has 0 amide bonds. The molecule has 1 heterocycles. The van der Waals surface area contributed by atoms with Gasteiger partial charge in [0, 0.05) is 12.1 Å². The average Bonchev–Trinajstić information content (AvgIpc) is 2.94. The average molecular weight is 293 g/mol. The van der Waals surface area contributed by atoms with Crippen LogP contribution in [0.2, 0.25) is 0 Å². The molecule has 106 valence electrons. The van der Waals surface area contributed by atoms with Crippen LogP contribution >= 0.6 is 11.3 Å². The highest BCUT2D eigenvalue weighted by Gasteiger charge is 2.40. The first-order chi connectivity index (χ1) is 9.60. The van der Waals surface area contributed by atoms with Crippen molar-refractivity contribution in [3.8, 4) is 0 Å². The van der Waals surface area contributed by atoms with Crippen molar-refractivity contribution >= 4 is 17.3 Å². The maximum atomic E-state index is 14.0. The zero-order valence-corrected chi connectivity index (χ0v) is 11.7. The lowest BCUT2D eigenvalue weighted by molar-refractivity contribution is -0.143. The van der Waals surface area contributed by atoms with E-state index in [0.717, 1.165) is 5.56 Å². The lowest BCUT2D eigenvalue weighted by Crippen LogP contribution is -2.44. The van der Waals surface area contributed by atoms with Crippen LogP contribution in [0.1, 0.15) is 17.5 Å². The molecule has 2 rings (SSSR count). The Morgan fingerprint density at radius 1 is 1.35 bits per heavy atom. The number of nitrogens with two attached hydrogens (primary N) is 1. The summed E-state index contributed by atoms with van der Waals surface area (Å²) >= 11 is 1.55. The standard InChI is InChI=1S/C15H16FNO2S/c16-13-4-2-1-3-12(13)15(10-17,14(18)19)7-5-11-6-8-20-9-11/h1-4,6,8-9H,5,7,10,17H2,(H,18,19). The second-order valence-electron chi connectivity index (χ2n) is 4.70. The predicted octanol–water partition coefficient (Wildman–Crippen LogP) is 2.80. The largest absolute Gasteiger partial charge is 0.481 e. The Morgan fingerprint density at radius 3 is 2.65 bits per heavy atom. The van der Waals surface area contributed by atoms with E-state index in [1.807, 2.05) is 16.8 Å². The minimum Gasteiger partial charge on any atom is -0.481 e. The highest BCUT2D eigenvalue weighted by molar-refractivity contribution is 7.07. The summed E-state index contributed by atoms with van der Waals surface area (Å²) in [6.45, 7) is -0.132. The minimum absolute atomic E-state index is 0.132. The van der Waals surface area contributed by atoms with Crippen LogP contribution < -0.4 is 5.73 Å². The van der Waals surface area contributed by atoms with Crippen LogP contribution in [0.15, 0.2) is 41.1 Å². The van der Waals surface area contributed by atoms with Crippen molar-refractivity contribution in [2.45, 2.75) is 18.3 Å². The molecule has 1 atom stereocenters. The first kappa shape index (κ1) is 14.7. The summed E-state index contributed by atoms with van der Waals surface area (Å²) in [5.74, 6) is -1.61. The summed E-state index contributed by atoms with van der Waals surface area (Å²) in [4.78, 5) is 11.7. The maximum absolute atomic E-state index is 14.0. The van der Waals surface area contributed by atoms with Crippen LogP contribution in [0.4, 0.5) is 4.39 Å². The third kappa shape index (κ3) is 2.73. The Balaban J connectivity index is 2.35. The van der Waals surface area contributed by atoms with Gasteiger partial charge in [0.2, 0.25) is 0 Å². The van der Waals surface area contributed by atoms with E-state index in [9.17, 15) is 14.3 Å². The number of hydrogen-bond donors (Lipinski definition) is 2. The van der Waals surface area contributed by atoms with E-state index in [4.69, 9.17) is 5.73 Å². The number of thiophene rings is 1. The molecule has 0 spiro atoms. The first-order valence-corrected chi connectivity index (χ1v) is 7.24. The second-order valence-corrected chi connectivity index (χ2v) is 5.48. The molecule has 3 N–H and O–H groups in total. The van der Waals surface area contributed by atoms with Gasteiger partial charge in [-0.3, -0.25) is 4.79 Å². The topological polar surface area (TPSA) is 63.3 Å². The smallest absolute Gasteiger partial charge is 0.315 e. The summed E-state index contributed by atoms with van der Waals surface area (Å²) in [6, 6.07) is 7.89. The van der Waals surface area contributed by atoms with Crippen LogP contribution in [-0.4, -0.2) is 17.6 Å². The lowest BCUT2D eigenvalue weighted by atomic mass is 9.76. The van der Waals surface area contributed by atoms with Crippen molar-refractivity contribution in [3.63, 3.8) is 0 Å². The van der Waals surface area contributed by atoms with Gasteiger partial charge in [-0.25, -0.2) is 4.39 Å². The Bertz CT molecular complexity index is 585. The SMILES string of the molecule is NCC(CCc1ccsc1)(C(=O)O)c1ccccc1F. The molecule has 0 aliphatic rings. The Morgan fingerprint density at radius 2 is 2.10 bits per heavy atom. The second kappa shape index (κ2) is 6.15. The fourth-order valence-corrected chi connectivity index (χ4v) is 3.00. The number of aryl methyl sites for hydroxylation is 1. The molecule has 0 aliphatic carbocycles. The Kier molecular flexibility index (Phi) is 4.52. The molecule has 1 aromatic carbocycles. The highest BCUT2D eigenvalue weighted by atomic mass is 32.1. The van der Waals surface area contributed by atoms with Crippen LogP contribution in [-0.2, 0) is 16.6 Å². The van der Waals surface area contributed by atoms with E-state index >= 15 is 0 Å². The van der Waals surface area contributed by atoms with Gasteiger partial charge in [0.05, 0.1) is 0 Å². The minimum atomic E-state index is -1.38. The van der Waals surface area contributed by atoms with Gasteiger partial charge in [-0.2, -0.15) is 11.3 Å². The maximum Gasteiger partial charge on any atom is 0.315 e. The van der Waals surface area contributed by atoms with Gasteiger partial charge in [0.25, 0.3) is 0 Å². The van der Waals surface area contributed by atoms with Crippen molar-refractivity contribution in [1.82, 2.24) is 0 Å². The Hall–Kier alpha value is -1.72. The monoisotopic (exact) mass is 293 g/mol. The van der Waals surface area contributed by atoms with Crippen molar-refractivity contribution in [2.24, 2.45) is 5.73 Å². The Labute approximate surface area is 120 Å². The zero-order chi connectivity index (χ0) is 14.6. The third-order valence-corrected chi connectivity index (χ3v) is 4.30. The number of hydrogen-bond acceptors (Lipinski definition) is 3. The fourth-order valence-electron chi connectivity index (χ4n) is 2.30. The zero-order valence-electron chi connectivity index (χ0n) is 10.9. The molecule has 0 aliphatic heterocycles. The summed E-state index contributed by atoms with van der Waals surface area (Å²) in [5, 5.41) is 13.5. The van der Waals surface area contributed by atoms with Crippen molar-refractivity contribution in [1.29, 1.82) is 0 Å². The van der Waals surface area contributed by atoms with Gasteiger partial charge in [-0.05, 0) is 41.3 Å². The molecule has 5 heteroatoms. The van der Waals surface area contributed by atoms with Gasteiger partial charge in [0.1, 0.15) is 11.2 Å². The summed E-state index contributed by atoms with van der Waals surface area (Å²) in [6.07, 6.45) is 0.831. The van der Waals surface area contributed by atoms with Gasteiger partial charge in [-0.15, -0.1) is 0 Å². The van der Waals surface area contributed by atoms with Gasteiger partial charge in [-0.1, -0.05) is 18.2 Å². The molecule has 0 saturated heterocycles. The van der Waals surface area contributed by atoms with Crippen molar-refractivity contribution in [2.75, 3.05) is 6.54 Å². The van der Waals surface area contributed by atoms with Gasteiger partial charge >= 0.3 is 5.97 Å². The van der Waals surface area contributed by atoms with E-state index in [-0.39, 0.29) is 18.5 Å². The van der Waals surface area contributed by atoms with Crippen LogP contribution in [0.3, 0.4) is 0 Å². The number of carboxylic acid groups (broad SMARTS) is 1. The normalized spacial score (nSPS) is 13.9. The molecule has 0 fully saturated rings. The van der Waals surface area contributed by atoms with Crippen molar-refractivity contribution in [3.05, 3.63) is 58.0 Å². The number of aliphatic carboxylic acids is 1. The molecule has 3 nitrogen and oxygen atoms in total. The lowest BCUT2D eigenvalue weighted by Gasteiger charge is -2.28. The molecule has 1 unspecified atom stereocenters. The van der Waals surface area contributed by atoms with Gasteiger partial charge in [0.15, 0.2) is 0 Å². The summed E-state index contributed by atoms with van der Waals surface area (Å²) in [7, 11) is 0. The molecule has 0 radical (unpaired) electrons. The van der Waals surface area contributed by atoms with E-state index in [1.165, 1.54) is 12.1 Å². The van der Waals surface area contributed by atoms with E-state index in [2.05, 4.69) is 0 Å². The number of carbonyl (C=O) groups is 1.